The van der Waals surface area contributed by atoms with E-state index in [2.05, 4.69) is 48.3 Å². The number of piperazine rings is 1. The van der Waals surface area contributed by atoms with Gasteiger partial charge in [0.05, 0.1) is 17.0 Å². The molecule has 116 valence electrons. The number of anilines is 1. The van der Waals surface area contributed by atoms with Crippen molar-refractivity contribution < 1.29 is 0 Å². The van der Waals surface area contributed by atoms with Crippen molar-refractivity contribution in [1.82, 2.24) is 9.80 Å². The van der Waals surface area contributed by atoms with Gasteiger partial charge in [-0.2, -0.15) is 0 Å². The first-order valence-electron chi connectivity index (χ1n) is 7.50. The van der Waals surface area contributed by atoms with Gasteiger partial charge in [0.25, 0.3) is 0 Å². The highest BCUT2D eigenvalue weighted by atomic mass is 32.1. The van der Waals surface area contributed by atoms with Crippen LogP contribution in [0.4, 0.5) is 5.00 Å². The molecule has 22 heavy (non-hydrogen) atoms. The Balaban J connectivity index is 2.02. The van der Waals surface area contributed by atoms with Crippen molar-refractivity contribution in [3.8, 4) is 0 Å². The number of aliphatic imine (C=N–C) groups is 1. The Morgan fingerprint density at radius 2 is 2.05 bits per heavy atom. The molecule has 1 aromatic heterocycles. The highest BCUT2D eigenvalue weighted by Gasteiger charge is 2.25. The molecule has 0 spiro atoms. The van der Waals surface area contributed by atoms with Gasteiger partial charge in [0.1, 0.15) is 10.8 Å². The molecule has 0 bridgehead atoms. The van der Waals surface area contributed by atoms with Crippen molar-refractivity contribution in [2.75, 3.05) is 38.5 Å². The Hall–Kier alpha value is -1.85. The first-order chi connectivity index (χ1) is 10.6. The smallest absolute Gasteiger partial charge is 0.139 e. The molecular weight excluding hydrogens is 292 g/mol. The molecule has 2 aliphatic rings. The molecule has 1 saturated heterocycles. The maximum Gasteiger partial charge on any atom is 0.139 e. The third-order valence-corrected chi connectivity index (χ3v) is 4.95. The predicted molar refractivity (Wildman–Crippen MR) is 95.7 cm³/mol. The maximum atomic E-state index is 4.84. The van der Waals surface area contributed by atoms with Crippen LogP contribution in [-0.2, 0) is 0 Å². The average molecular weight is 314 g/mol. The topological polar surface area (TPSA) is 30.9 Å². The molecule has 0 atom stereocenters. The van der Waals surface area contributed by atoms with Crippen molar-refractivity contribution in [3.05, 3.63) is 53.2 Å². The molecule has 0 aliphatic carbocycles. The number of thiophene rings is 1. The fourth-order valence-electron chi connectivity index (χ4n) is 2.73. The molecule has 0 unspecified atom stereocenters. The maximum absolute atomic E-state index is 4.84. The zero-order valence-corrected chi connectivity index (χ0v) is 14.0. The zero-order chi connectivity index (χ0) is 15.7. The van der Waals surface area contributed by atoms with E-state index in [9.17, 15) is 0 Å². The van der Waals surface area contributed by atoms with E-state index in [1.807, 2.05) is 6.08 Å². The fraction of sp³-hybridized carbons (Fsp3) is 0.353. The first-order valence-corrected chi connectivity index (χ1v) is 8.32. The van der Waals surface area contributed by atoms with Gasteiger partial charge in [0.15, 0.2) is 0 Å². The van der Waals surface area contributed by atoms with Gasteiger partial charge in [-0.1, -0.05) is 19.2 Å². The van der Waals surface area contributed by atoms with E-state index < -0.39 is 0 Å². The van der Waals surface area contributed by atoms with E-state index >= 15 is 0 Å². The summed E-state index contributed by atoms with van der Waals surface area (Å²) in [4.78, 5) is 10.8. The molecule has 3 rings (SSSR count). The highest BCUT2D eigenvalue weighted by molar-refractivity contribution is 7.16. The summed E-state index contributed by atoms with van der Waals surface area (Å²) in [6.45, 7) is 14.2. The Morgan fingerprint density at radius 1 is 1.32 bits per heavy atom. The minimum absolute atomic E-state index is 0.759. The van der Waals surface area contributed by atoms with E-state index in [4.69, 9.17) is 4.99 Å². The van der Waals surface area contributed by atoms with Gasteiger partial charge in [-0.25, -0.2) is 4.99 Å². The van der Waals surface area contributed by atoms with E-state index in [-0.39, 0.29) is 0 Å². The number of hydrogen-bond acceptors (Lipinski definition) is 5. The summed E-state index contributed by atoms with van der Waals surface area (Å²) < 4.78 is 0. The van der Waals surface area contributed by atoms with Crippen molar-refractivity contribution in [3.63, 3.8) is 0 Å². The average Bonchev–Trinajstić information content (AvgIpc) is 2.80. The van der Waals surface area contributed by atoms with Crippen LogP contribution in [0.5, 0.6) is 0 Å². The first kappa shape index (κ1) is 15.1. The van der Waals surface area contributed by atoms with Gasteiger partial charge in [-0.05, 0) is 26.1 Å². The molecule has 2 aliphatic heterocycles. The SMILES string of the molecule is C=C/C=C1/Nc2sc(C)cc2C(N2CCN(C)CC2)=NC1=C. The molecule has 0 amide bonds. The number of nitrogens with one attached hydrogen (secondary N) is 1. The minimum atomic E-state index is 0.759. The van der Waals surface area contributed by atoms with E-state index in [0.717, 1.165) is 48.4 Å². The lowest BCUT2D eigenvalue weighted by Gasteiger charge is -2.34. The van der Waals surface area contributed by atoms with E-state index in [1.54, 1.807) is 17.4 Å². The van der Waals surface area contributed by atoms with Crippen LogP contribution < -0.4 is 5.32 Å². The largest absolute Gasteiger partial charge is 0.353 e. The quantitative estimate of drug-likeness (QED) is 0.864. The molecule has 4 nitrogen and oxygen atoms in total. The van der Waals surface area contributed by atoms with Crippen LogP contribution in [0.1, 0.15) is 10.4 Å². The molecule has 1 fully saturated rings. The Labute approximate surface area is 136 Å². The second-order valence-corrected chi connectivity index (χ2v) is 6.97. The van der Waals surface area contributed by atoms with E-state index in [1.165, 1.54) is 10.4 Å². The predicted octanol–water partition coefficient (Wildman–Crippen LogP) is 3.06. The number of allylic oxidation sites excluding steroid dienone is 2. The number of amidine groups is 1. The van der Waals surface area contributed by atoms with Crippen LogP contribution in [0, 0.1) is 6.92 Å². The zero-order valence-electron chi connectivity index (χ0n) is 13.2. The summed E-state index contributed by atoms with van der Waals surface area (Å²) in [6.07, 6.45) is 3.70. The van der Waals surface area contributed by atoms with Crippen molar-refractivity contribution in [2.45, 2.75) is 6.92 Å². The molecule has 1 N–H and O–H groups in total. The van der Waals surface area contributed by atoms with Gasteiger partial charge in [0.2, 0.25) is 0 Å². The summed E-state index contributed by atoms with van der Waals surface area (Å²) in [6, 6.07) is 2.22. The molecule has 3 heterocycles. The van der Waals surface area contributed by atoms with Gasteiger partial charge in [-0.15, -0.1) is 11.3 Å². The summed E-state index contributed by atoms with van der Waals surface area (Å²) in [5.74, 6) is 1.04. The second-order valence-electron chi connectivity index (χ2n) is 5.71. The lowest BCUT2D eigenvalue weighted by atomic mass is 10.2. The van der Waals surface area contributed by atoms with Crippen LogP contribution in [-0.4, -0.2) is 48.9 Å². The van der Waals surface area contributed by atoms with Crippen LogP contribution in [0.2, 0.25) is 0 Å². The third-order valence-electron chi connectivity index (χ3n) is 3.98. The summed E-state index contributed by atoms with van der Waals surface area (Å²) in [5.41, 5.74) is 2.86. The summed E-state index contributed by atoms with van der Waals surface area (Å²) >= 11 is 1.76. The third kappa shape index (κ3) is 2.87. The molecule has 0 radical (unpaired) electrons. The highest BCUT2D eigenvalue weighted by Crippen LogP contribution is 2.34. The normalized spacial score (nSPS) is 21.2. The van der Waals surface area contributed by atoms with Gasteiger partial charge in [-0.3, -0.25) is 0 Å². The molecule has 1 aromatic rings. The van der Waals surface area contributed by atoms with Crippen LogP contribution in [0.25, 0.3) is 0 Å². The van der Waals surface area contributed by atoms with Gasteiger partial charge < -0.3 is 15.1 Å². The number of hydrogen-bond donors (Lipinski definition) is 1. The Kier molecular flexibility index (Phi) is 4.18. The van der Waals surface area contributed by atoms with E-state index in [0.29, 0.717) is 0 Å². The van der Waals surface area contributed by atoms with Crippen molar-refractivity contribution >= 4 is 22.2 Å². The van der Waals surface area contributed by atoms with Gasteiger partial charge >= 0.3 is 0 Å². The second kappa shape index (κ2) is 6.10. The molecule has 5 heteroatoms. The molecule has 0 aromatic carbocycles. The van der Waals surface area contributed by atoms with Crippen molar-refractivity contribution in [1.29, 1.82) is 0 Å². The Morgan fingerprint density at radius 3 is 2.73 bits per heavy atom. The summed E-state index contributed by atoms with van der Waals surface area (Å²) in [7, 11) is 2.16. The molecular formula is C17H22N4S. The Bertz CT molecular complexity index is 660. The lowest BCUT2D eigenvalue weighted by Crippen LogP contribution is -2.47. The summed E-state index contributed by atoms with van der Waals surface area (Å²) in [5, 5.41) is 4.61. The standard InChI is InChI=1S/C17H22N4S/c1-5-6-15-13(3)18-16(21-9-7-20(4)8-10-21)14-11-12(2)22-17(14)19-15/h5-6,11,19H,1,3,7-10H2,2,4H3/b15-6+. The molecule has 0 saturated carbocycles. The number of likely N-dealkylation sites (N-methyl/N-ethyl adjacent to an activating group) is 1. The van der Waals surface area contributed by atoms with Crippen LogP contribution >= 0.6 is 11.3 Å². The monoisotopic (exact) mass is 314 g/mol. The fourth-order valence-corrected chi connectivity index (χ4v) is 3.65. The van der Waals surface area contributed by atoms with Crippen LogP contribution in [0.3, 0.4) is 0 Å². The number of fused-ring (bicyclic) bond motifs is 1. The minimum Gasteiger partial charge on any atom is -0.353 e. The van der Waals surface area contributed by atoms with Gasteiger partial charge in [0, 0.05) is 31.1 Å². The number of nitrogens with zero attached hydrogens (tertiary/aromatic N) is 3. The number of aryl methyl sites for hydroxylation is 1. The number of rotatable bonds is 1. The lowest BCUT2D eigenvalue weighted by molar-refractivity contribution is 0.216. The van der Waals surface area contributed by atoms with Crippen LogP contribution in [0.15, 0.2) is 47.8 Å². The van der Waals surface area contributed by atoms with Crippen molar-refractivity contribution in [2.24, 2.45) is 4.99 Å².